The molecule has 0 atom stereocenters. The van der Waals surface area contributed by atoms with E-state index in [1.54, 1.807) is 0 Å². The number of benzene rings is 5. The number of aromatic hydroxyl groups is 1. The van der Waals surface area contributed by atoms with Crippen LogP contribution in [0.25, 0.3) is 0 Å². The number of rotatable bonds is 4. The van der Waals surface area contributed by atoms with E-state index in [0.29, 0.717) is 35.4 Å². The third-order valence-electron chi connectivity index (χ3n) is 5.31. The molecule has 0 amide bonds. The highest BCUT2D eigenvalue weighted by molar-refractivity contribution is 7.88. The van der Waals surface area contributed by atoms with Gasteiger partial charge in [0.1, 0.15) is 69.7 Å². The maximum atomic E-state index is 12.9. The highest BCUT2D eigenvalue weighted by atomic mass is 32.2. The van der Waals surface area contributed by atoms with Gasteiger partial charge in [-0.3, -0.25) is 0 Å². The lowest BCUT2D eigenvalue weighted by Gasteiger charge is -2.09. The Morgan fingerprint density at radius 2 is 0.765 bits per heavy atom. The average molecular weight is 762 g/mol. The number of halogens is 13. The number of hydrogen-bond donors (Lipinski definition) is 2. The maximum absolute atomic E-state index is 12.9. The zero-order valence-corrected chi connectivity index (χ0v) is 25.8. The van der Waals surface area contributed by atoms with Gasteiger partial charge in [-0.2, -0.15) is 21.6 Å². The third kappa shape index (κ3) is 15.3. The maximum Gasteiger partial charge on any atom is 0.534 e. The van der Waals surface area contributed by atoms with Gasteiger partial charge in [-0.1, -0.05) is 0 Å². The van der Waals surface area contributed by atoms with Crippen LogP contribution in [-0.2, 0) is 16.5 Å². The molecule has 0 fully saturated rings. The molecular formula is C32H20F13NO4S. The molecule has 0 aliphatic heterocycles. The van der Waals surface area contributed by atoms with E-state index in [0.717, 1.165) is 66.7 Å². The first-order valence-corrected chi connectivity index (χ1v) is 14.7. The molecule has 5 aromatic rings. The number of nitrogens with two attached hydrogens (primary N) is 1. The normalized spacial score (nSPS) is 10.8. The summed E-state index contributed by atoms with van der Waals surface area (Å²) >= 11 is 0. The van der Waals surface area contributed by atoms with Crippen LogP contribution < -0.4 is 9.92 Å². The molecule has 274 valence electrons. The van der Waals surface area contributed by atoms with E-state index < -0.39 is 85.3 Å². The van der Waals surface area contributed by atoms with E-state index in [2.05, 4.69) is 4.18 Å². The summed E-state index contributed by atoms with van der Waals surface area (Å²) in [5.41, 5.74) is 0.179. The minimum Gasteiger partial charge on any atom is -0.508 e. The minimum absolute atomic E-state index is 0.0728. The number of alkyl halides is 3. The molecule has 0 radical (unpaired) electrons. The van der Waals surface area contributed by atoms with Gasteiger partial charge in [0.15, 0.2) is 0 Å². The van der Waals surface area contributed by atoms with Gasteiger partial charge in [-0.25, -0.2) is 43.9 Å². The Balaban J connectivity index is 0.000000245. The fourth-order valence-electron chi connectivity index (χ4n) is 3.53. The Bertz CT molecular complexity index is 1800. The van der Waals surface area contributed by atoms with Crippen molar-refractivity contribution < 1.29 is 74.8 Å². The van der Waals surface area contributed by atoms with E-state index in [9.17, 15) is 65.5 Å². The molecule has 0 aromatic heterocycles. The van der Waals surface area contributed by atoms with Crippen molar-refractivity contribution in [2.45, 2.75) is 11.9 Å². The van der Waals surface area contributed by atoms with Crippen molar-refractivity contribution in [1.82, 2.24) is 0 Å². The monoisotopic (exact) mass is 761 g/mol. The molecule has 0 spiro atoms. The molecule has 0 unspecified atom stereocenters. The lowest BCUT2D eigenvalue weighted by Crippen LogP contribution is -2.28. The molecule has 0 saturated heterocycles. The summed E-state index contributed by atoms with van der Waals surface area (Å²) in [6.07, 6.45) is 0.0728. The van der Waals surface area contributed by atoms with Gasteiger partial charge >= 0.3 is 15.6 Å². The topological polar surface area (TPSA) is 89.6 Å². The number of hydrogen-bond acceptors (Lipinski definition) is 5. The van der Waals surface area contributed by atoms with Crippen LogP contribution in [0.2, 0.25) is 0 Å². The Kier molecular flexibility index (Phi) is 14.7. The fraction of sp³-hybridized carbons (Fsp3) is 0.0625. The number of phenolic OH excluding ortho intramolecular Hbond substituents is 1. The predicted octanol–water partition coefficient (Wildman–Crippen LogP) is 9.24. The van der Waals surface area contributed by atoms with Crippen molar-refractivity contribution in [1.29, 1.82) is 0 Å². The van der Waals surface area contributed by atoms with Gasteiger partial charge in [0.25, 0.3) is 0 Å². The molecule has 5 nitrogen and oxygen atoms in total. The summed E-state index contributed by atoms with van der Waals surface area (Å²) in [5, 5.41) is 8.51. The van der Waals surface area contributed by atoms with E-state index >= 15 is 0 Å². The molecule has 19 heteroatoms. The Morgan fingerprint density at radius 1 is 0.490 bits per heavy atom. The van der Waals surface area contributed by atoms with E-state index in [1.165, 1.54) is 0 Å². The van der Waals surface area contributed by atoms with Crippen molar-refractivity contribution >= 4 is 15.8 Å². The Hall–Kier alpha value is -5.46. The first-order valence-electron chi connectivity index (χ1n) is 13.2. The van der Waals surface area contributed by atoms with Gasteiger partial charge in [-0.15, -0.1) is 0 Å². The lowest BCUT2D eigenvalue weighted by atomic mass is 10.0. The molecule has 0 saturated carbocycles. The van der Waals surface area contributed by atoms with Crippen LogP contribution in [-0.4, -0.2) is 19.0 Å². The zero-order chi connectivity index (χ0) is 38.7. The summed E-state index contributed by atoms with van der Waals surface area (Å²) in [5.74, 6) is -9.68. The SMILES string of the molecule is Fc1cc(F)cc(Cc2cc(F)cc(F)c2)c1.Nc1cc(F)cc(F)c1.O=S(=O)(Oc1cc(F)cc(F)c1)C(F)(F)F.Oc1cc(F)cc(F)c1. The predicted molar refractivity (Wildman–Crippen MR) is 156 cm³/mol. The fourth-order valence-corrected chi connectivity index (χ4v) is 3.97. The molecule has 3 N–H and O–H groups in total. The lowest BCUT2D eigenvalue weighted by molar-refractivity contribution is -0.0500. The second kappa shape index (κ2) is 18.0. The summed E-state index contributed by atoms with van der Waals surface area (Å²) in [7, 11) is -5.92. The largest absolute Gasteiger partial charge is 0.534 e. The van der Waals surface area contributed by atoms with Gasteiger partial charge in [-0.05, 0) is 53.9 Å². The average Bonchev–Trinajstić information content (AvgIpc) is 2.90. The van der Waals surface area contributed by atoms with Gasteiger partial charge in [0, 0.05) is 60.3 Å². The molecule has 51 heavy (non-hydrogen) atoms. The van der Waals surface area contributed by atoms with E-state index in [-0.39, 0.29) is 12.1 Å². The second-order valence-electron chi connectivity index (χ2n) is 9.65. The molecule has 0 aliphatic rings. The van der Waals surface area contributed by atoms with Crippen LogP contribution >= 0.6 is 0 Å². The van der Waals surface area contributed by atoms with Gasteiger partial charge < -0.3 is 15.0 Å². The van der Waals surface area contributed by atoms with Crippen molar-refractivity contribution in [2.24, 2.45) is 0 Å². The van der Waals surface area contributed by atoms with E-state index in [1.807, 2.05) is 0 Å². The Morgan fingerprint density at radius 3 is 1.04 bits per heavy atom. The van der Waals surface area contributed by atoms with Crippen molar-refractivity contribution in [3.05, 3.63) is 160 Å². The standard InChI is InChI=1S/C13H8F4.C7H3F5O3S.C6H5F2N.C6H4F2O/c14-10-2-8(3-11(15)6-10)1-9-4-12(16)7-13(17)5-9;8-4-1-5(9)3-6(2-4)15-16(13,14)7(10,11)12;2*7-4-1-5(8)3-6(9)2-4/h2-7H,1H2;1-3H;1-3H,9H2;1-3,9H. The molecule has 0 aliphatic carbocycles. The van der Waals surface area contributed by atoms with Gasteiger partial charge in [0.05, 0.1) is 0 Å². The molecule has 0 bridgehead atoms. The first-order chi connectivity index (χ1) is 23.5. The first kappa shape index (κ1) is 41.7. The summed E-state index contributed by atoms with van der Waals surface area (Å²) in [6.45, 7) is 0. The number of nitrogen functional groups attached to an aromatic ring is 1. The zero-order valence-electron chi connectivity index (χ0n) is 24.9. The molecule has 0 heterocycles. The summed E-state index contributed by atoms with van der Waals surface area (Å²) in [4.78, 5) is 0. The Labute approximate surface area is 280 Å². The quantitative estimate of drug-likeness (QED) is 0.0826. The van der Waals surface area contributed by atoms with Gasteiger partial charge in [0.2, 0.25) is 0 Å². The summed E-state index contributed by atoms with van der Waals surface area (Å²) < 4.78 is 185. The van der Waals surface area contributed by atoms with Crippen LogP contribution in [0.15, 0.2) is 91.0 Å². The van der Waals surface area contributed by atoms with Crippen molar-refractivity contribution in [3.63, 3.8) is 0 Å². The van der Waals surface area contributed by atoms with Crippen LogP contribution in [0, 0.1) is 58.2 Å². The highest BCUT2D eigenvalue weighted by Crippen LogP contribution is 2.27. The van der Waals surface area contributed by atoms with E-state index in [4.69, 9.17) is 10.8 Å². The summed E-state index contributed by atoms with van der Waals surface area (Å²) in [6, 6.07) is 12.3. The molecule has 5 rings (SSSR count). The molecule has 5 aromatic carbocycles. The smallest absolute Gasteiger partial charge is 0.508 e. The number of anilines is 1. The van der Waals surface area contributed by atoms with Crippen LogP contribution in [0.1, 0.15) is 11.1 Å². The second-order valence-corrected chi connectivity index (χ2v) is 11.2. The van der Waals surface area contributed by atoms with Crippen LogP contribution in [0.3, 0.4) is 0 Å². The van der Waals surface area contributed by atoms with Crippen LogP contribution in [0.4, 0.5) is 62.8 Å². The molecular weight excluding hydrogens is 741 g/mol. The number of phenols is 1. The minimum atomic E-state index is -5.92. The van der Waals surface area contributed by atoms with Crippen molar-refractivity contribution in [3.8, 4) is 11.5 Å². The van der Waals surface area contributed by atoms with Crippen LogP contribution in [0.5, 0.6) is 11.5 Å². The highest BCUT2D eigenvalue weighted by Gasteiger charge is 2.48. The van der Waals surface area contributed by atoms with Crippen molar-refractivity contribution in [2.75, 3.05) is 5.73 Å². The third-order valence-corrected chi connectivity index (χ3v) is 6.29.